The second-order valence-electron chi connectivity index (χ2n) is 1.27. The van der Waals surface area contributed by atoms with Crippen molar-refractivity contribution in [3.63, 3.8) is 0 Å². The predicted octanol–water partition coefficient (Wildman–Crippen LogP) is 0.496. The van der Waals surface area contributed by atoms with Gasteiger partial charge in [-0.1, -0.05) is 0 Å². The Bertz CT molecular complexity index is 94.9. The van der Waals surface area contributed by atoms with Crippen molar-refractivity contribution in [2.45, 2.75) is 0 Å². The van der Waals surface area contributed by atoms with Crippen molar-refractivity contribution in [2.24, 2.45) is 0 Å². The Hall–Kier alpha value is -0.300. The fraction of sp³-hybridized carbons (Fsp3) is 0.667. The second kappa shape index (κ2) is 1.66. The number of carbonyl (C=O) groups is 1. The summed E-state index contributed by atoms with van der Waals surface area (Å²) in [6.45, 7) is 1.15. The summed E-state index contributed by atoms with van der Waals surface area (Å²) >= 11 is 0. The van der Waals surface area contributed by atoms with E-state index in [2.05, 4.69) is 14.1 Å². The standard InChI is InChI=1S/C3H5NO2P/c5-3-4(7)1-2-6-3/h7H,1-2H2. The number of hydrogen-bond donors (Lipinski definition) is 0. The molecule has 0 aromatic carbocycles. The van der Waals surface area contributed by atoms with Crippen LogP contribution in [0.3, 0.4) is 0 Å². The quantitative estimate of drug-likeness (QED) is 0.433. The molecular weight excluding hydrogens is 113 g/mol. The maximum Gasteiger partial charge on any atom is 0.413 e. The molecule has 0 unspecified atom stereocenters. The zero-order valence-electron chi connectivity index (χ0n) is 3.68. The smallest absolute Gasteiger partial charge is 0.413 e. The minimum Gasteiger partial charge on any atom is -0.447 e. The number of amides is 1. The fourth-order valence-electron chi connectivity index (χ4n) is 0.393. The molecule has 0 N–H and O–H groups in total. The molecule has 0 aromatic rings. The lowest BCUT2D eigenvalue weighted by Crippen LogP contribution is -2.09. The zero-order chi connectivity index (χ0) is 5.28. The molecule has 39 valence electrons. The SMILES string of the molecule is O=C1OCCN1[PH]. The largest absolute Gasteiger partial charge is 0.447 e. The van der Waals surface area contributed by atoms with Crippen LogP contribution in [-0.2, 0) is 4.74 Å². The highest BCUT2D eigenvalue weighted by Crippen LogP contribution is 2.06. The molecule has 0 spiro atoms. The molecule has 1 aliphatic heterocycles. The van der Waals surface area contributed by atoms with Crippen LogP contribution in [0.4, 0.5) is 4.79 Å². The minimum absolute atomic E-state index is 0.295. The first-order chi connectivity index (χ1) is 3.30. The predicted molar refractivity (Wildman–Crippen MR) is 26.4 cm³/mol. The van der Waals surface area contributed by atoms with Crippen LogP contribution in [-0.4, -0.2) is 23.9 Å². The third-order valence-electron chi connectivity index (χ3n) is 0.761. The lowest BCUT2D eigenvalue weighted by molar-refractivity contribution is 0.171. The molecule has 0 bridgehead atoms. The van der Waals surface area contributed by atoms with Gasteiger partial charge < -0.3 is 4.74 Å². The van der Waals surface area contributed by atoms with Gasteiger partial charge in [0.05, 0.1) is 6.54 Å². The van der Waals surface area contributed by atoms with E-state index >= 15 is 0 Å². The van der Waals surface area contributed by atoms with Gasteiger partial charge in [-0.25, -0.2) is 4.79 Å². The normalized spacial score (nSPS) is 20.1. The van der Waals surface area contributed by atoms with Crippen LogP contribution in [0.2, 0.25) is 0 Å². The van der Waals surface area contributed by atoms with Gasteiger partial charge in [-0.15, -0.1) is 0 Å². The van der Waals surface area contributed by atoms with E-state index in [1.807, 2.05) is 0 Å². The number of rotatable bonds is 0. The monoisotopic (exact) mass is 118 g/mol. The summed E-state index contributed by atoms with van der Waals surface area (Å²) in [6, 6.07) is 0. The average molecular weight is 118 g/mol. The van der Waals surface area contributed by atoms with Crippen LogP contribution in [0.25, 0.3) is 0 Å². The van der Waals surface area contributed by atoms with E-state index in [4.69, 9.17) is 0 Å². The number of nitrogens with zero attached hydrogens (tertiary/aromatic N) is 1. The number of ether oxygens (including phenoxy) is 1. The van der Waals surface area contributed by atoms with Crippen LogP contribution >= 0.6 is 9.39 Å². The fourth-order valence-corrected chi connectivity index (χ4v) is 0.549. The van der Waals surface area contributed by atoms with E-state index in [1.165, 1.54) is 4.67 Å². The van der Waals surface area contributed by atoms with Crippen molar-refractivity contribution in [2.75, 3.05) is 13.2 Å². The van der Waals surface area contributed by atoms with E-state index in [0.29, 0.717) is 13.2 Å². The second-order valence-corrected chi connectivity index (χ2v) is 1.81. The third-order valence-corrected chi connectivity index (χ3v) is 1.17. The van der Waals surface area contributed by atoms with Gasteiger partial charge in [-0.2, -0.15) is 0 Å². The van der Waals surface area contributed by atoms with E-state index < -0.39 is 0 Å². The highest BCUT2D eigenvalue weighted by atomic mass is 31.0. The molecule has 0 saturated carbocycles. The summed E-state index contributed by atoms with van der Waals surface area (Å²) < 4.78 is 5.85. The molecule has 1 amide bonds. The Morgan fingerprint density at radius 3 is 2.71 bits per heavy atom. The maximum absolute atomic E-state index is 10.2. The molecule has 4 heteroatoms. The summed E-state index contributed by atoms with van der Waals surface area (Å²) in [5.74, 6) is 0. The summed E-state index contributed by atoms with van der Waals surface area (Å²) in [7, 11) is 3.01. The van der Waals surface area contributed by atoms with Crippen molar-refractivity contribution in [1.29, 1.82) is 0 Å². The Balaban J connectivity index is 2.48. The topological polar surface area (TPSA) is 29.5 Å². The van der Waals surface area contributed by atoms with E-state index in [0.717, 1.165) is 0 Å². The van der Waals surface area contributed by atoms with Crippen molar-refractivity contribution < 1.29 is 9.53 Å². The summed E-state index contributed by atoms with van der Waals surface area (Å²) in [5, 5.41) is 0. The third kappa shape index (κ3) is 0.829. The lowest BCUT2D eigenvalue weighted by atomic mass is 10.7. The van der Waals surface area contributed by atoms with Crippen LogP contribution < -0.4 is 0 Å². The van der Waals surface area contributed by atoms with Crippen molar-refractivity contribution in [1.82, 2.24) is 4.67 Å². The Morgan fingerprint density at radius 1 is 1.86 bits per heavy atom. The van der Waals surface area contributed by atoms with Crippen molar-refractivity contribution in [3.05, 3.63) is 0 Å². The van der Waals surface area contributed by atoms with Crippen molar-refractivity contribution >= 4 is 15.5 Å². The molecule has 1 fully saturated rings. The number of hydrogen-bond acceptors (Lipinski definition) is 2. The zero-order valence-corrected chi connectivity index (χ0v) is 4.68. The molecule has 1 rings (SSSR count). The van der Waals surface area contributed by atoms with Gasteiger partial charge in [0.25, 0.3) is 0 Å². The average Bonchev–Trinajstić information content (AvgIpc) is 1.91. The van der Waals surface area contributed by atoms with Gasteiger partial charge in [-0.3, -0.25) is 4.67 Å². The molecule has 1 aliphatic rings. The lowest BCUT2D eigenvalue weighted by Gasteiger charge is -1.97. The molecule has 7 heavy (non-hydrogen) atoms. The molecule has 1 radical (unpaired) electrons. The summed E-state index contributed by atoms with van der Waals surface area (Å²) in [4.78, 5) is 10.2. The van der Waals surface area contributed by atoms with Gasteiger partial charge in [0.2, 0.25) is 0 Å². The molecule has 3 nitrogen and oxygen atoms in total. The van der Waals surface area contributed by atoms with E-state index in [-0.39, 0.29) is 6.09 Å². The van der Waals surface area contributed by atoms with Crippen LogP contribution in [0, 0.1) is 0 Å². The summed E-state index contributed by atoms with van der Waals surface area (Å²) in [5.41, 5.74) is 0. The highest BCUT2D eigenvalue weighted by Gasteiger charge is 2.16. The first-order valence-electron chi connectivity index (χ1n) is 1.96. The maximum atomic E-state index is 10.2. The Labute approximate surface area is 43.9 Å². The van der Waals surface area contributed by atoms with Gasteiger partial charge >= 0.3 is 6.09 Å². The molecule has 0 atom stereocenters. The first kappa shape index (κ1) is 4.85. The van der Waals surface area contributed by atoms with Crippen LogP contribution in [0.15, 0.2) is 0 Å². The highest BCUT2D eigenvalue weighted by molar-refractivity contribution is 7.14. The molecule has 0 aromatic heterocycles. The van der Waals surface area contributed by atoms with Crippen LogP contribution in [0.5, 0.6) is 0 Å². The van der Waals surface area contributed by atoms with Crippen LogP contribution in [0.1, 0.15) is 0 Å². The van der Waals surface area contributed by atoms with Gasteiger partial charge in [0.15, 0.2) is 0 Å². The van der Waals surface area contributed by atoms with Crippen molar-refractivity contribution in [3.8, 4) is 0 Å². The molecule has 1 saturated heterocycles. The molecule has 1 heterocycles. The Kier molecular flexibility index (Phi) is 1.15. The van der Waals surface area contributed by atoms with E-state index in [9.17, 15) is 4.79 Å². The minimum atomic E-state index is -0.295. The number of carbonyl (C=O) groups excluding carboxylic acids is 1. The Morgan fingerprint density at radius 2 is 2.57 bits per heavy atom. The van der Waals surface area contributed by atoms with Gasteiger partial charge in [-0.05, 0) is 0 Å². The van der Waals surface area contributed by atoms with Gasteiger partial charge in [0, 0.05) is 9.39 Å². The molecular formula is C3H5NO2P. The first-order valence-corrected chi connectivity index (χ1v) is 2.41. The van der Waals surface area contributed by atoms with E-state index in [1.54, 1.807) is 0 Å². The van der Waals surface area contributed by atoms with Gasteiger partial charge in [0.1, 0.15) is 6.61 Å². The molecule has 0 aliphatic carbocycles. The summed E-state index contributed by atoms with van der Waals surface area (Å²) in [6.07, 6.45) is -0.295. The number of cyclic esters (lactones) is 1.